The number of hydrogen-bond donors (Lipinski definition) is 1. The Hall–Kier alpha value is -2.94. The summed E-state index contributed by atoms with van der Waals surface area (Å²) >= 11 is 16.0. The Morgan fingerprint density at radius 2 is 1.89 bits per heavy atom. The van der Waals surface area contributed by atoms with Crippen LogP contribution in [0.1, 0.15) is 35.1 Å². The molecule has 0 amide bonds. The molecule has 3 atom stereocenters. The zero-order valence-corrected chi connectivity index (χ0v) is 23.1. The van der Waals surface area contributed by atoms with Crippen LogP contribution < -0.4 is 19.5 Å². The number of halogens is 3. The lowest BCUT2D eigenvalue weighted by Gasteiger charge is -2.38. The lowest BCUT2D eigenvalue weighted by atomic mass is 9.76. The number of rotatable bonds is 7. The number of nitro benzene ring substituents is 1. The molecule has 0 saturated heterocycles. The van der Waals surface area contributed by atoms with E-state index in [4.69, 9.17) is 37.4 Å². The van der Waals surface area contributed by atoms with Gasteiger partial charge in [0.25, 0.3) is 5.69 Å². The highest BCUT2D eigenvalue weighted by molar-refractivity contribution is 9.10. The average molecular weight is 606 g/mol. The maximum Gasteiger partial charge on any atom is 0.275 e. The smallest absolute Gasteiger partial charge is 0.275 e. The molecule has 1 N–H and O–H groups in total. The molecule has 1 heterocycles. The third-order valence-corrected chi connectivity index (χ3v) is 8.05. The van der Waals surface area contributed by atoms with Crippen LogP contribution in [-0.2, 0) is 6.61 Å². The first-order valence-corrected chi connectivity index (χ1v) is 13.1. The maximum absolute atomic E-state index is 11.8. The Labute approximate surface area is 232 Å². The van der Waals surface area contributed by atoms with Crippen molar-refractivity contribution < 1.29 is 19.1 Å². The van der Waals surface area contributed by atoms with Gasteiger partial charge in [-0.2, -0.15) is 0 Å². The molecule has 3 aromatic rings. The van der Waals surface area contributed by atoms with E-state index in [1.165, 1.54) is 6.07 Å². The molecule has 3 aromatic carbocycles. The Morgan fingerprint density at radius 1 is 1.11 bits per heavy atom. The molecule has 0 radical (unpaired) electrons. The van der Waals surface area contributed by atoms with E-state index in [1.807, 2.05) is 18.2 Å². The largest absolute Gasteiger partial charge is 0.495 e. The Balaban J connectivity index is 1.51. The van der Waals surface area contributed by atoms with Gasteiger partial charge in [0, 0.05) is 27.6 Å². The normalized spacial score (nSPS) is 19.5. The summed E-state index contributed by atoms with van der Waals surface area (Å²) in [4.78, 5) is 11.5. The zero-order valence-electron chi connectivity index (χ0n) is 20.0. The van der Waals surface area contributed by atoms with E-state index in [0.29, 0.717) is 43.0 Å². The van der Waals surface area contributed by atoms with Crippen LogP contribution >= 0.6 is 39.1 Å². The fourth-order valence-electron chi connectivity index (χ4n) is 5.17. The number of fused-ring (bicyclic) bond motifs is 3. The summed E-state index contributed by atoms with van der Waals surface area (Å²) in [6, 6.07) is 12.2. The van der Waals surface area contributed by atoms with Crippen LogP contribution in [0.4, 0.5) is 11.4 Å². The number of benzene rings is 3. The van der Waals surface area contributed by atoms with Gasteiger partial charge in [-0.25, -0.2) is 0 Å². The number of allylic oxidation sites excluding steroid dienone is 2. The first-order chi connectivity index (χ1) is 17.8. The second kappa shape index (κ2) is 10.4. The molecular formula is C27H23BrCl2N2O5. The fourth-order valence-corrected chi connectivity index (χ4v) is 6.21. The van der Waals surface area contributed by atoms with Crippen LogP contribution in [0.25, 0.3) is 0 Å². The van der Waals surface area contributed by atoms with E-state index < -0.39 is 0 Å². The Morgan fingerprint density at radius 3 is 2.59 bits per heavy atom. The highest BCUT2D eigenvalue weighted by Gasteiger charge is 2.43. The van der Waals surface area contributed by atoms with E-state index in [0.717, 1.165) is 17.5 Å². The lowest BCUT2D eigenvalue weighted by molar-refractivity contribution is -0.385. The standard InChI is InChI=1S/C27H23BrCl2N2O5/c1-35-22-9-8-21(32(33)34)24-17-4-3-5-18(17)25(31-26(22)24)15-10-19(28)27(23(11-15)36-2)37-13-14-6-7-16(29)12-20(14)30/h3-4,6-12,17-18,25,31H,5,13H2,1-2H3/t17-,18+,25+/m0/s1. The van der Waals surface area contributed by atoms with Crippen molar-refractivity contribution in [1.29, 1.82) is 0 Å². The summed E-state index contributed by atoms with van der Waals surface area (Å²) < 4.78 is 18.1. The third-order valence-electron chi connectivity index (χ3n) is 6.87. The molecule has 1 aliphatic carbocycles. The summed E-state index contributed by atoms with van der Waals surface area (Å²) in [6.45, 7) is 0.231. The van der Waals surface area contributed by atoms with Crippen LogP contribution in [0.3, 0.4) is 0 Å². The second-order valence-electron chi connectivity index (χ2n) is 8.87. The van der Waals surface area contributed by atoms with E-state index in [-0.39, 0.29) is 35.1 Å². The first-order valence-electron chi connectivity index (χ1n) is 11.5. The second-order valence-corrected chi connectivity index (χ2v) is 10.6. The highest BCUT2D eigenvalue weighted by Crippen LogP contribution is 2.55. The minimum absolute atomic E-state index is 0.0783. The molecule has 192 valence electrons. The van der Waals surface area contributed by atoms with Gasteiger partial charge in [-0.15, -0.1) is 0 Å². The molecule has 0 saturated carbocycles. The molecular weight excluding hydrogens is 583 g/mol. The number of nitrogens with one attached hydrogen (secondary N) is 1. The van der Waals surface area contributed by atoms with E-state index in [9.17, 15) is 10.1 Å². The van der Waals surface area contributed by atoms with Gasteiger partial charge in [0.1, 0.15) is 12.4 Å². The van der Waals surface area contributed by atoms with Gasteiger partial charge in [0.05, 0.1) is 40.9 Å². The molecule has 37 heavy (non-hydrogen) atoms. The number of methoxy groups -OCH3 is 2. The van der Waals surface area contributed by atoms with Crippen molar-refractivity contribution in [3.63, 3.8) is 0 Å². The van der Waals surface area contributed by atoms with Crippen LogP contribution in [0, 0.1) is 16.0 Å². The third kappa shape index (κ3) is 4.74. The monoisotopic (exact) mass is 604 g/mol. The van der Waals surface area contributed by atoms with E-state index >= 15 is 0 Å². The molecule has 5 rings (SSSR count). The summed E-state index contributed by atoms with van der Waals surface area (Å²) in [7, 11) is 3.15. The van der Waals surface area contributed by atoms with Gasteiger partial charge in [-0.05, 0) is 64.2 Å². The van der Waals surface area contributed by atoms with Crippen LogP contribution in [0.15, 0.2) is 59.1 Å². The summed E-state index contributed by atoms with van der Waals surface area (Å²) in [5.41, 5.74) is 3.14. The molecule has 10 heteroatoms. The molecule has 0 aromatic heterocycles. The molecule has 0 fully saturated rings. The first kappa shape index (κ1) is 25.7. The number of ether oxygens (including phenoxy) is 3. The minimum Gasteiger partial charge on any atom is -0.495 e. The van der Waals surface area contributed by atoms with Crippen molar-refractivity contribution in [2.75, 3.05) is 19.5 Å². The van der Waals surface area contributed by atoms with Crippen molar-refractivity contribution in [3.05, 3.63) is 95.9 Å². The number of nitrogens with zero attached hydrogens (tertiary/aromatic N) is 1. The average Bonchev–Trinajstić information content (AvgIpc) is 3.37. The fraction of sp³-hybridized carbons (Fsp3) is 0.259. The van der Waals surface area contributed by atoms with Crippen molar-refractivity contribution in [2.24, 2.45) is 5.92 Å². The van der Waals surface area contributed by atoms with Crippen LogP contribution in [-0.4, -0.2) is 19.1 Å². The molecule has 2 aliphatic rings. The van der Waals surface area contributed by atoms with Crippen molar-refractivity contribution >= 4 is 50.5 Å². The maximum atomic E-state index is 11.8. The molecule has 0 spiro atoms. The predicted molar refractivity (Wildman–Crippen MR) is 147 cm³/mol. The molecule has 0 unspecified atom stereocenters. The van der Waals surface area contributed by atoms with E-state index in [2.05, 4.69) is 33.4 Å². The lowest BCUT2D eigenvalue weighted by Crippen LogP contribution is -2.30. The van der Waals surface area contributed by atoms with Crippen LogP contribution in [0.5, 0.6) is 17.2 Å². The topological polar surface area (TPSA) is 82.9 Å². The summed E-state index contributed by atoms with van der Waals surface area (Å²) in [6.07, 6.45) is 4.93. The van der Waals surface area contributed by atoms with Crippen molar-refractivity contribution in [2.45, 2.75) is 25.0 Å². The minimum atomic E-state index is -0.331. The molecule has 7 nitrogen and oxygen atoms in total. The summed E-state index contributed by atoms with van der Waals surface area (Å²) in [5.74, 6) is 1.62. The van der Waals surface area contributed by atoms with Gasteiger partial charge in [-0.1, -0.05) is 41.4 Å². The molecule has 0 bridgehead atoms. The van der Waals surface area contributed by atoms with E-state index in [1.54, 1.807) is 32.4 Å². The SMILES string of the molecule is COc1ccc([N+](=O)[O-])c2c1N[C@H](c1cc(Br)c(OCc3ccc(Cl)cc3Cl)c(OC)c1)[C@@H]1CC=C[C@H]21. The highest BCUT2D eigenvalue weighted by atomic mass is 79.9. The predicted octanol–water partition coefficient (Wildman–Crippen LogP) is 8.09. The Kier molecular flexibility index (Phi) is 7.25. The van der Waals surface area contributed by atoms with Gasteiger partial charge in [0.2, 0.25) is 0 Å². The Bertz CT molecular complexity index is 1410. The van der Waals surface area contributed by atoms with Crippen molar-refractivity contribution in [1.82, 2.24) is 0 Å². The number of anilines is 1. The van der Waals surface area contributed by atoms with Gasteiger partial charge < -0.3 is 19.5 Å². The zero-order chi connectivity index (χ0) is 26.3. The quantitative estimate of drug-likeness (QED) is 0.166. The van der Waals surface area contributed by atoms with Gasteiger partial charge in [0.15, 0.2) is 11.5 Å². The van der Waals surface area contributed by atoms with Crippen LogP contribution in [0.2, 0.25) is 10.0 Å². The van der Waals surface area contributed by atoms with Gasteiger partial charge >= 0.3 is 0 Å². The number of nitro groups is 1. The number of hydrogen-bond acceptors (Lipinski definition) is 6. The van der Waals surface area contributed by atoms with Crippen molar-refractivity contribution in [3.8, 4) is 17.2 Å². The molecule has 1 aliphatic heterocycles. The van der Waals surface area contributed by atoms with Gasteiger partial charge in [-0.3, -0.25) is 10.1 Å². The summed E-state index contributed by atoms with van der Waals surface area (Å²) in [5, 5.41) is 16.5.